The predicted octanol–water partition coefficient (Wildman–Crippen LogP) is 1.26. The van der Waals surface area contributed by atoms with Crippen molar-refractivity contribution in [1.82, 2.24) is 0 Å². The molecule has 0 aromatic heterocycles. The Morgan fingerprint density at radius 3 is 2.50 bits per heavy atom. The zero-order chi connectivity index (χ0) is 12.0. The Morgan fingerprint density at radius 2 is 2.00 bits per heavy atom. The number of halogens is 1. The molecule has 0 unspecified atom stereocenters. The Balaban J connectivity index is 2.36. The molecule has 2 N–H and O–H groups in total. The first kappa shape index (κ1) is 11.5. The lowest BCUT2D eigenvalue weighted by atomic mass is 10.1. The monoisotopic (exact) mass is 243 g/mol. The van der Waals surface area contributed by atoms with E-state index >= 15 is 0 Å². The van der Waals surface area contributed by atoms with Gasteiger partial charge >= 0.3 is 0 Å². The third kappa shape index (κ3) is 2.59. The Bertz CT molecular complexity index is 521. The van der Waals surface area contributed by atoms with Gasteiger partial charge in [-0.25, -0.2) is 12.8 Å². The smallest absolute Gasteiger partial charge is 0.175 e. The van der Waals surface area contributed by atoms with E-state index in [0.717, 1.165) is 25.2 Å². The third-order valence-corrected chi connectivity index (χ3v) is 3.90. The minimum absolute atomic E-state index is 0.0201. The topological polar surface area (TPSA) is 60.2 Å². The van der Waals surface area contributed by atoms with Gasteiger partial charge in [0, 0.05) is 11.8 Å². The normalized spacial score (nSPS) is 18.4. The minimum Gasteiger partial charge on any atom is -0.325 e. The molecule has 0 spiro atoms. The van der Waals surface area contributed by atoms with Crippen LogP contribution in [0.3, 0.4) is 0 Å². The number of nitrogens with two attached hydrogens (primary N) is 1. The molecule has 0 amide bonds. The van der Waals surface area contributed by atoms with Crippen molar-refractivity contribution in [1.29, 1.82) is 0 Å². The van der Waals surface area contributed by atoms with Crippen molar-refractivity contribution < 1.29 is 12.8 Å². The van der Waals surface area contributed by atoms with Crippen molar-refractivity contribution >= 4 is 9.84 Å². The maximum Gasteiger partial charge on any atom is 0.175 e. The fourth-order valence-corrected chi connectivity index (χ4v) is 2.37. The van der Waals surface area contributed by atoms with Gasteiger partial charge in [0.2, 0.25) is 0 Å². The zero-order valence-electron chi connectivity index (χ0n) is 9.03. The SMILES string of the molecule is CS(=O)(=O)c1cc(F)cc(CC2(N)CC2)c1. The van der Waals surface area contributed by atoms with Crippen LogP contribution >= 0.6 is 0 Å². The summed E-state index contributed by atoms with van der Waals surface area (Å²) in [5.74, 6) is -0.526. The fourth-order valence-electron chi connectivity index (χ4n) is 1.68. The van der Waals surface area contributed by atoms with E-state index in [2.05, 4.69) is 0 Å². The molecule has 0 aliphatic heterocycles. The largest absolute Gasteiger partial charge is 0.325 e. The summed E-state index contributed by atoms with van der Waals surface area (Å²) in [5, 5.41) is 0. The van der Waals surface area contributed by atoms with Gasteiger partial charge in [-0.15, -0.1) is 0 Å². The number of rotatable bonds is 3. The molecule has 16 heavy (non-hydrogen) atoms. The summed E-state index contributed by atoms with van der Waals surface area (Å²) in [6.07, 6.45) is 3.43. The van der Waals surface area contributed by atoms with Crippen molar-refractivity contribution in [3.05, 3.63) is 29.6 Å². The van der Waals surface area contributed by atoms with Crippen LogP contribution in [-0.4, -0.2) is 20.2 Å². The summed E-state index contributed by atoms with van der Waals surface area (Å²) < 4.78 is 35.9. The van der Waals surface area contributed by atoms with Crippen molar-refractivity contribution in [3.63, 3.8) is 0 Å². The highest BCUT2D eigenvalue weighted by Crippen LogP contribution is 2.36. The van der Waals surface area contributed by atoms with Crippen LogP contribution in [0.25, 0.3) is 0 Å². The molecule has 0 heterocycles. The van der Waals surface area contributed by atoms with Crippen LogP contribution in [0, 0.1) is 5.82 Å². The maximum absolute atomic E-state index is 13.2. The van der Waals surface area contributed by atoms with Crippen LogP contribution < -0.4 is 5.73 Å². The zero-order valence-corrected chi connectivity index (χ0v) is 9.85. The lowest BCUT2D eigenvalue weighted by Gasteiger charge is -2.09. The Kier molecular flexibility index (Phi) is 2.55. The summed E-state index contributed by atoms with van der Waals surface area (Å²) >= 11 is 0. The third-order valence-electron chi connectivity index (χ3n) is 2.81. The van der Waals surface area contributed by atoms with Gasteiger partial charge in [0.15, 0.2) is 9.84 Å². The molecule has 2 rings (SSSR count). The average Bonchev–Trinajstić information content (AvgIpc) is 2.80. The molecule has 1 aliphatic carbocycles. The Morgan fingerprint density at radius 1 is 1.38 bits per heavy atom. The summed E-state index contributed by atoms with van der Waals surface area (Å²) in [4.78, 5) is 0.0201. The first-order valence-electron chi connectivity index (χ1n) is 5.07. The standard InChI is InChI=1S/C11H14FNO2S/c1-16(14,15)10-5-8(4-9(12)6-10)7-11(13)2-3-11/h4-6H,2-3,7,13H2,1H3. The predicted molar refractivity (Wildman–Crippen MR) is 59.4 cm³/mol. The van der Waals surface area contributed by atoms with E-state index in [-0.39, 0.29) is 10.4 Å². The number of hydrogen-bond donors (Lipinski definition) is 1. The highest BCUT2D eigenvalue weighted by Gasteiger charge is 2.38. The van der Waals surface area contributed by atoms with Gasteiger partial charge in [0.1, 0.15) is 5.82 Å². The molecule has 1 aromatic rings. The quantitative estimate of drug-likeness (QED) is 0.869. The summed E-state index contributed by atoms with van der Waals surface area (Å²) in [6.45, 7) is 0. The molecule has 1 aromatic carbocycles. The van der Waals surface area contributed by atoms with Gasteiger partial charge in [-0.1, -0.05) is 0 Å². The van der Waals surface area contributed by atoms with Crippen molar-refractivity contribution in [2.75, 3.05) is 6.26 Å². The second-order valence-electron chi connectivity index (χ2n) is 4.61. The number of hydrogen-bond acceptors (Lipinski definition) is 3. The highest BCUT2D eigenvalue weighted by atomic mass is 32.2. The molecule has 0 saturated heterocycles. The van der Waals surface area contributed by atoms with Gasteiger partial charge in [-0.05, 0) is 43.0 Å². The van der Waals surface area contributed by atoms with Gasteiger partial charge < -0.3 is 5.73 Å². The molecule has 0 atom stereocenters. The van der Waals surface area contributed by atoms with Gasteiger partial charge in [-0.3, -0.25) is 0 Å². The van der Waals surface area contributed by atoms with Crippen molar-refractivity contribution in [2.24, 2.45) is 5.73 Å². The maximum atomic E-state index is 13.2. The first-order chi connectivity index (χ1) is 7.28. The van der Waals surface area contributed by atoms with E-state index in [1.165, 1.54) is 12.1 Å². The van der Waals surface area contributed by atoms with Crippen LogP contribution in [-0.2, 0) is 16.3 Å². The summed E-state index contributed by atoms with van der Waals surface area (Å²) in [5.41, 5.74) is 6.32. The summed E-state index contributed by atoms with van der Waals surface area (Å²) in [7, 11) is -3.36. The lowest BCUT2D eigenvalue weighted by Crippen LogP contribution is -2.24. The fraction of sp³-hybridized carbons (Fsp3) is 0.455. The second kappa shape index (κ2) is 3.53. The second-order valence-corrected chi connectivity index (χ2v) is 6.62. The van der Waals surface area contributed by atoms with Crippen molar-refractivity contribution in [2.45, 2.75) is 29.7 Å². The molecule has 5 heteroatoms. The number of benzene rings is 1. The van der Waals surface area contributed by atoms with Gasteiger partial charge in [0.05, 0.1) is 4.90 Å². The van der Waals surface area contributed by atoms with Gasteiger partial charge in [-0.2, -0.15) is 0 Å². The molecule has 0 radical (unpaired) electrons. The van der Waals surface area contributed by atoms with Crippen LogP contribution in [0.1, 0.15) is 18.4 Å². The lowest BCUT2D eigenvalue weighted by molar-refractivity contribution is 0.592. The molecule has 0 bridgehead atoms. The molecule has 1 fully saturated rings. The molecular formula is C11H14FNO2S. The number of sulfone groups is 1. The summed E-state index contributed by atoms with van der Waals surface area (Å²) in [6, 6.07) is 3.89. The van der Waals surface area contributed by atoms with Gasteiger partial charge in [0.25, 0.3) is 0 Å². The van der Waals surface area contributed by atoms with Crippen molar-refractivity contribution in [3.8, 4) is 0 Å². The van der Waals surface area contributed by atoms with E-state index in [9.17, 15) is 12.8 Å². The van der Waals surface area contributed by atoms with E-state index in [4.69, 9.17) is 5.73 Å². The molecule has 1 saturated carbocycles. The molecular weight excluding hydrogens is 229 g/mol. The first-order valence-corrected chi connectivity index (χ1v) is 6.96. The minimum atomic E-state index is -3.36. The van der Waals surface area contributed by atoms with E-state index in [1.807, 2.05) is 0 Å². The van der Waals surface area contributed by atoms with Crippen LogP contribution in [0.15, 0.2) is 23.1 Å². The van der Waals surface area contributed by atoms with Crippen LogP contribution in [0.5, 0.6) is 0 Å². The van der Waals surface area contributed by atoms with Crippen LogP contribution in [0.4, 0.5) is 4.39 Å². The van der Waals surface area contributed by atoms with E-state index in [0.29, 0.717) is 12.0 Å². The molecule has 1 aliphatic rings. The van der Waals surface area contributed by atoms with E-state index < -0.39 is 15.7 Å². The molecule has 3 nitrogen and oxygen atoms in total. The van der Waals surface area contributed by atoms with Crippen LogP contribution in [0.2, 0.25) is 0 Å². The highest BCUT2D eigenvalue weighted by molar-refractivity contribution is 7.90. The Hall–Kier alpha value is -0.940. The average molecular weight is 243 g/mol. The van der Waals surface area contributed by atoms with E-state index in [1.54, 1.807) is 0 Å². The Labute approximate surface area is 94.4 Å². The molecule has 88 valence electrons.